The van der Waals surface area contributed by atoms with Gasteiger partial charge in [0, 0.05) is 25.7 Å². The maximum Gasteiger partial charge on any atom is 0.0713 e. The van der Waals surface area contributed by atoms with Crippen LogP contribution in [0.2, 0.25) is 0 Å². The highest BCUT2D eigenvalue weighted by molar-refractivity contribution is 8.05. The van der Waals surface area contributed by atoms with Gasteiger partial charge in [-0.05, 0) is 77.8 Å². The van der Waals surface area contributed by atoms with Crippen LogP contribution in [0.4, 0.5) is 0 Å². The molecule has 0 aromatic heterocycles. The first-order valence-corrected chi connectivity index (χ1v) is 13.1. The third-order valence-electron chi connectivity index (χ3n) is 6.83. The molecule has 1 atom stereocenters. The molecule has 0 bridgehead atoms. The molecule has 2 N–H and O–H groups in total. The molecule has 0 spiro atoms. The standard InChI is InChI=1S/C27H42N2OS/c1-5-7-14-27(3,4)25-18-22(10-9-21(25)6-2)23-11-12-26(31-20-23)29-16-13-24(19-29)28-15-8-17-30/h9-10,12,18,20,24,28,30H,5-8,11,13-17,19H2,1-4H3. The van der Waals surface area contributed by atoms with E-state index in [0.717, 1.165) is 38.9 Å². The molecule has 2 aliphatic heterocycles. The fraction of sp³-hybridized carbons (Fsp3) is 0.630. The minimum absolute atomic E-state index is 0.230. The smallest absolute Gasteiger partial charge is 0.0713 e. The second kappa shape index (κ2) is 11.6. The molecular weight excluding hydrogens is 400 g/mol. The number of benzene rings is 1. The van der Waals surface area contributed by atoms with Crippen LogP contribution in [0, 0.1) is 0 Å². The Bertz CT molecular complexity index is 783. The summed E-state index contributed by atoms with van der Waals surface area (Å²) in [4.78, 5) is 2.52. The third-order valence-corrected chi connectivity index (χ3v) is 7.90. The Kier molecular flexibility index (Phi) is 9.12. The Labute approximate surface area is 194 Å². The topological polar surface area (TPSA) is 35.5 Å². The quantitative estimate of drug-likeness (QED) is 0.407. The summed E-state index contributed by atoms with van der Waals surface area (Å²) in [5, 5.41) is 16.3. The molecule has 3 rings (SSSR count). The number of hydrogen-bond acceptors (Lipinski definition) is 4. The molecule has 31 heavy (non-hydrogen) atoms. The van der Waals surface area contributed by atoms with Crippen molar-refractivity contribution in [3.63, 3.8) is 0 Å². The molecule has 3 nitrogen and oxygen atoms in total. The van der Waals surface area contributed by atoms with Crippen LogP contribution in [0.15, 0.2) is 34.7 Å². The van der Waals surface area contributed by atoms with Gasteiger partial charge in [0.05, 0.1) is 5.03 Å². The third kappa shape index (κ3) is 6.40. The highest BCUT2D eigenvalue weighted by atomic mass is 32.2. The van der Waals surface area contributed by atoms with Crippen molar-refractivity contribution in [1.82, 2.24) is 10.2 Å². The first-order valence-electron chi connectivity index (χ1n) is 12.3. The van der Waals surface area contributed by atoms with Crippen molar-refractivity contribution >= 4 is 17.3 Å². The van der Waals surface area contributed by atoms with Crippen molar-refractivity contribution < 1.29 is 5.11 Å². The van der Waals surface area contributed by atoms with E-state index >= 15 is 0 Å². The number of unbranched alkanes of at least 4 members (excludes halogenated alkanes) is 1. The largest absolute Gasteiger partial charge is 0.396 e. The molecule has 0 saturated carbocycles. The Morgan fingerprint density at radius 3 is 2.74 bits per heavy atom. The monoisotopic (exact) mass is 442 g/mol. The van der Waals surface area contributed by atoms with Crippen LogP contribution in [0.1, 0.15) is 82.9 Å². The van der Waals surface area contributed by atoms with Crippen LogP contribution in [-0.4, -0.2) is 42.3 Å². The Morgan fingerprint density at radius 1 is 1.23 bits per heavy atom. The highest BCUT2D eigenvalue weighted by Gasteiger charge is 2.26. The van der Waals surface area contributed by atoms with E-state index in [-0.39, 0.29) is 12.0 Å². The molecular formula is C27H42N2OS. The average molecular weight is 443 g/mol. The molecule has 2 heterocycles. The van der Waals surface area contributed by atoms with E-state index in [4.69, 9.17) is 5.11 Å². The molecule has 1 fully saturated rings. The molecule has 1 unspecified atom stereocenters. The fourth-order valence-electron chi connectivity index (χ4n) is 4.79. The summed E-state index contributed by atoms with van der Waals surface area (Å²) in [6.07, 6.45) is 10.4. The lowest BCUT2D eigenvalue weighted by molar-refractivity contribution is 0.283. The number of nitrogens with one attached hydrogen (secondary N) is 1. The Hall–Kier alpha value is -1.23. The van der Waals surface area contributed by atoms with E-state index in [9.17, 15) is 0 Å². The zero-order chi connectivity index (χ0) is 22.3. The van der Waals surface area contributed by atoms with Gasteiger partial charge in [-0.3, -0.25) is 0 Å². The van der Waals surface area contributed by atoms with Gasteiger partial charge in [0.1, 0.15) is 0 Å². The molecule has 4 heteroatoms. The van der Waals surface area contributed by atoms with Crippen LogP contribution < -0.4 is 5.32 Å². The molecule has 2 aliphatic rings. The van der Waals surface area contributed by atoms with Crippen LogP contribution in [0.3, 0.4) is 0 Å². The second-order valence-corrected chi connectivity index (χ2v) is 10.6. The van der Waals surface area contributed by atoms with Gasteiger partial charge < -0.3 is 15.3 Å². The van der Waals surface area contributed by atoms with Crippen molar-refractivity contribution in [2.75, 3.05) is 26.2 Å². The number of aryl methyl sites for hydroxylation is 1. The normalized spacial score (nSPS) is 19.5. The molecule has 172 valence electrons. The van der Waals surface area contributed by atoms with Gasteiger partial charge >= 0.3 is 0 Å². The highest BCUT2D eigenvalue weighted by Crippen LogP contribution is 2.38. The van der Waals surface area contributed by atoms with Gasteiger partial charge in [-0.2, -0.15) is 0 Å². The number of rotatable bonds is 11. The lowest BCUT2D eigenvalue weighted by atomic mass is 9.76. The lowest BCUT2D eigenvalue weighted by Crippen LogP contribution is -2.33. The van der Waals surface area contributed by atoms with E-state index in [0.29, 0.717) is 6.04 Å². The average Bonchev–Trinajstić information content (AvgIpc) is 3.26. The summed E-state index contributed by atoms with van der Waals surface area (Å²) < 4.78 is 0. The maximum atomic E-state index is 8.97. The summed E-state index contributed by atoms with van der Waals surface area (Å²) in [7, 11) is 0. The van der Waals surface area contributed by atoms with E-state index in [1.54, 1.807) is 0 Å². The number of allylic oxidation sites excluding steroid dienone is 2. The summed E-state index contributed by atoms with van der Waals surface area (Å²) >= 11 is 1.89. The fourth-order valence-corrected chi connectivity index (χ4v) is 5.78. The zero-order valence-corrected chi connectivity index (χ0v) is 20.9. The lowest BCUT2D eigenvalue weighted by Gasteiger charge is -2.29. The van der Waals surface area contributed by atoms with Crippen molar-refractivity contribution in [3.05, 3.63) is 51.4 Å². The Balaban J connectivity index is 1.65. The summed E-state index contributed by atoms with van der Waals surface area (Å²) in [5.74, 6) is 0. The maximum absolute atomic E-state index is 8.97. The summed E-state index contributed by atoms with van der Waals surface area (Å²) in [6.45, 7) is 12.8. The van der Waals surface area contributed by atoms with Crippen LogP contribution in [0.5, 0.6) is 0 Å². The number of aliphatic hydroxyl groups excluding tert-OH is 1. The van der Waals surface area contributed by atoms with Crippen molar-refractivity contribution in [3.8, 4) is 0 Å². The predicted molar refractivity (Wildman–Crippen MR) is 136 cm³/mol. The molecule has 0 amide bonds. The predicted octanol–water partition coefficient (Wildman–Crippen LogP) is 6.08. The Morgan fingerprint density at radius 2 is 2.06 bits per heavy atom. The first kappa shape index (κ1) is 24.4. The minimum atomic E-state index is 0.230. The van der Waals surface area contributed by atoms with Gasteiger partial charge in [-0.25, -0.2) is 0 Å². The number of aliphatic hydroxyl groups is 1. The number of hydrogen-bond donors (Lipinski definition) is 2. The number of nitrogens with zero attached hydrogens (tertiary/aromatic N) is 1. The zero-order valence-electron chi connectivity index (χ0n) is 20.0. The number of likely N-dealkylation sites (tertiary alicyclic amines) is 1. The summed E-state index contributed by atoms with van der Waals surface area (Å²) in [5.41, 5.74) is 6.11. The van der Waals surface area contributed by atoms with Crippen LogP contribution in [0.25, 0.3) is 5.57 Å². The molecule has 0 radical (unpaired) electrons. The van der Waals surface area contributed by atoms with Gasteiger partial charge in [0.15, 0.2) is 0 Å². The van der Waals surface area contributed by atoms with Gasteiger partial charge in [0.25, 0.3) is 0 Å². The molecule has 1 saturated heterocycles. The van der Waals surface area contributed by atoms with Crippen molar-refractivity contribution in [1.29, 1.82) is 0 Å². The molecule has 1 aromatic rings. The van der Waals surface area contributed by atoms with Crippen molar-refractivity contribution in [2.24, 2.45) is 0 Å². The molecule has 1 aromatic carbocycles. The van der Waals surface area contributed by atoms with E-state index in [1.807, 2.05) is 11.8 Å². The number of thioether (sulfide) groups is 1. The first-order chi connectivity index (χ1) is 15.0. The van der Waals surface area contributed by atoms with Crippen LogP contribution in [-0.2, 0) is 11.8 Å². The van der Waals surface area contributed by atoms with Crippen molar-refractivity contribution in [2.45, 2.75) is 84.1 Å². The summed E-state index contributed by atoms with van der Waals surface area (Å²) in [6, 6.07) is 7.73. The van der Waals surface area contributed by atoms with E-state index < -0.39 is 0 Å². The van der Waals surface area contributed by atoms with Gasteiger partial charge in [0.2, 0.25) is 0 Å². The van der Waals surface area contributed by atoms with E-state index in [1.165, 1.54) is 53.0 Å². The van der Waals surface area contributed by atoms with E-state index in [2.05, 4.69) is 67.6 Å². The van der Waals surface area contributed by atoms with Gasteiger partial charge in [-0.15, -0.1) is 0 Å². The van der Waals surface area contributed by atoms with Crippen LogP contribution >= 0.6 is 11.8 Å². The minimum Gasteiger partial charge on any atom is -0.396 e. The second-order valence-electron chi connectivity index (χ2n) is 9.68. The molecule has 0 aliphatic carbocycles. The van der Waals surface area contributed by atoms with Gasteiger partial charge in [-0.1, -0.05) is 70.5 Å². The SMILES string of the molecule is CCCCC(C)(C)c1cc(C2=CSC(N3CCC(NCCCO)C3)=CC2)ccc1CC.